The van der Waals surface area contributed by atoms with Gasteiger partial charge in [-0.1, -0.05) is 18.2 Å². The van der Waals surface area contributed by atoms with E-state index in [1.54, 1.807) is 12.2 Å². The normalized spacial score (nSPS) is 21.0. The van der Waals surface area contributed by atoms with Crippen molar-refractivity contribution >= 4 is 11.9 Å². The molecule has 1 amide bonds. The van der Waals surface area contributed by atoms with Gasteiger partial charge in [0.05, 0.1) is 11.8 Å². The highest BCUT2D eigenvalue weighted by atomic mass is 19.1. The zero-order valence-electron chi connectivity index (χ0n) is 11.2. The Hall–Kier alpha value is -2.24. The van der Waals surface area contributed by atoms with Gasteiger partial charge in [0.15, 0.2) is 0 Å². The van der Waals surface area contributed by atoms with Crippen molar-refractivity contribution in [3.05, 3.63) is 47.5 Å². The molecule has 0 aromatic heterocycles. The summed E-state index contributed by atoms with van der Waals surface area (Å²) < 4.78 is 26.2. The molecule has 1 aromatic carbocycles. The predicted octanol–water partition coefficient (Wildman–Crippen LogP) is 2.25. The van der Waals surface area contributed by atoms with Crippen LogP contribution in [0.2, 0.25) is 0 Å². The molecule has 0 aliphatic heterocycles. The molecule has 0 saturated carbocycles. The summed E-state index contributed by atoms with van der Waals surface area (Å²) in [5.41, 5.74) is 0.156. The first-order chi connectivity index (χ1) is 9.99. The maximum atomic E-state index is 13.5. The lowest BCUT2D eigenvalue weighted by Crippen LogP contribution is -2.38. The zero-order valence-corrected chi connectivity index (χ0v) is 11.2. The molecule has 0 bridgehead atoms. The first-order valence-corrected chi connectivity index (χ1v) is 6.58. The van der Waals surface area contributed by atoms with Crippen molar-refractivity contribution in [2.24, 2.45) is 11.8 Å². The van der Waals surface area contributed by atoms with Gasteiger partial charge in [-0.15, -0.1) is 0 Å². The number of amides is 1. The lowest BCUT2D eigenvalue weighted by molar-refractivity contribution is -0.147. The van der Waals surface area contributed by atoms with Crippen LogP contribution in [0.5, 0.6) is 0 Å². The van der Waals surface area contributed by atoms with E-state index in [4.69, 9.17) is 5.11 Å². The number of hydrogen-bond donors (Lipinski definition) is 2. The fourth-order valence-electron chi connectivity index (χ4n) is 2.36. The number of carbonyl (C=O) groups excluding carboxylic acids is 1. The fraction of sp³-hybridized carbons (Fsp3) is 0.333. The molecule has 21 heavy (non-hydrogen) atoms. The number of hydrogen-bond acceptors (Lipinski definition) is 2. The average Bonchev–Trinajstić information content (AvgIpc) is 2.46. The van der Waals surface area contributed by atoms with Crippen LogP contribution in [0.15, 0.2) is 30.4 Å². The Morgan fingerprint density at radius 2 is 1.86 bits per heavy atom. The molecular formula is C15H15F2NO3. The Kier molecular flexibility index (Phi) is 4.67. The van der Waals surface area contributed by atoms with Crippen LogP contribution >= 0.6 is 0 Å². The molecule has 2 unspecified atom stereocenters. The Morgan fingerprint density at radius 3 is 2.48 bits per heavy atom. The van der Waals surface area contributed by atoms with E-state index < -0.39 is 35.3 Å². The average molecular weight is 295 g/mol. The predicted molar refractivity (Wildman–Crippen MR) is 71.2 cm³/mol. The largest absolute Gasteiger partial charge is 0.481 e. The van der Waals surface area contributed by atoms with Gasteiger partial charge in [-0.3, -0.25) is 9.59 Å². The molecule has 4 nitrogen and oxygen atoms in total. The van der Waals surface area contributed by atoms with Crippen molar-refractivity contribution in [3.8, 4) is 0 Å². The highest BCUT2D eigenvalue weighted by Gasteiger charge is 2.33. The van der Waals surface area contributed by atoms with Gasteiger partial charge in [0, 0.05) is 18.2 Å². The molecule has 0 spiro atoms. The van der Waals surface area contributed by atoms with Gasteiger partial charge < -0.3 is 10.4 Å². The molecular weight excluding hydrogens is 280 g/mol. The minimum Gasteiger partial charge on any atom is -0.481 e. The summed E-state index contributed by atoms with van der Waals surface area (Å²) in [7, 11) is 0. The molecule has 112 valence electrons. The lowest BCUT2D eigenvalue weighted by Gasteiger charge is -2.24. The van der Waals surface area contributed by atoms with Crippen LogP contribution in [-0.4, -0.2) is 17.0 Å². The number of benzene rings is 1. The first kappa shape index (κ1) is 15.2. The summed E-state index contributed by atoms with van der Waals surface area (Å²) in [6, 6.07) is 3.10. The van der Waals surface area contributed by atoms with E-state index in [0.29, 0.717) is 12.8 Å². The highest BCUT2D eigenvalue weighted by Crippen LogP contribution is 2.26. The van der Waals surface area contributed by atoms with E-state index in [1.807, 2.05) is 0 Å². The van der Waals surface area contributed by atoms with Gasteiger partial charge in [0.1, 0.15) is 11.6 Å². The zero-order chi connectivity index (χ0) is 15.4. The highest BCUT2D eigenvalue weighted by molar-refractivity contribution is 5.85. The number of aliphatic carboxylic acids is 1. The fourth-order valence-corrected chi connectivity index (χ4v) is 2.36. The second kappa shape index (κ2) is 6.47. The van der Waals surface area contributed by atoms with E-state index in [1.165, 1.54) is 6.07 Å². The minimum absolute atomic E-state index is 0.0997. The number of carbonyl (C=O) groups is 2. The summed E-state index contributed by atoms with van der Waals surface area (Å²) in [4.78, 5) is 23.2. The quantitative estimate of drug-likeness (QED) is 0.837. The molecule has 2 atom stereocenters. The third-order valence-corrected chi connectivity index (χ3v) is 3.55. The van der Waals surface area contributed by atoms with Crippen molar-refractivity contribution in [1.29, 1.82) is 0 Å². The summed E-state index contributed by atoms with van der Waals surface area (Å²) in [5.74, 6) is -4.33. The number of rotatable bonds is 4. The topological polar surface area (TPSA) is 66.4 Å². The molecule has 0 saturated heterocycles. The van der Waals surface area contributed by atoms with Gasteiger partial charge in [-0.05, 0) is 18.9 Å². The number of allylic oxidation sites excluding steroid dienone is 2. The monoisotopic (exact) mass is 295 g/mol. The molecule has 0 radical (unpaired) electrons. The third kappa shape index (κ3) is 3.65. The minimum atomic E-state index is -1.02. The summed E-state index contributed by atoms with van der Waals surface area (Å²) >= 11 is 0. The summed E-state index contributed by atoms with van der Waals surface area (Å²) in [6.07, 6.45) is 4.15. The maximum absolute atomic E-state index is 13.5. The Morgan fingerprint density at radius 1 is 1.19 bits per heavy atom. The van der Waals surface area contributed by atoms with Crippen LogP contribution in [0, 0.1) is 23.5 Å². The van der Waals surface area contributed by atoms with Crippen LogP contribution < -0.4 is 5.32 Å². The summed E-state index contributed by atoms with van der Waals surface area (Å²) in [5, 5.41) is 11.6. The first-order valence-electron chi connectivity index (χ1n) is 6.58. The molecule has 1 aromatic rings. The van der Waals surface area contributed by atoms with Crippen molar-refractivity contribution < 1.29 is 23.5 Å². The van der Waals surface area contributed by atoms with Crippen LogP contribution in [-0.2, 0) is 16.1 Å². The van der Waals surface area contributed by atoms with E-state index in [0.717, 1.165) is 12.1 Å². The molecule has 0 fully saturated rings. The standard InChI is InChI=1S/C15H15F2NO3/c16-10-6-5-9(13(17)7-10)8-18-14(19)11-3-1-2-4-12(11)15(20)21/h1-2,5-7,11-12H,3-4,8H2,(H,18,19)(H,20,21). The molecule has 1 aliphatic carbocycles. The van der Waals surface area contributed by atoms with Crippen LogP contribution in [0.4, 0.5) is 8.78 Å². The second-order valence-corrected chi connectivity index (χ2v) is 4.95. The molecule has 2 rings (SSSR count). The smallest absolute Gasteiger partial charge is 0.307 e. The van der Waals surface area contributed by atoms with Crippen molar-refractivity contribution in [2.75, 3.05) is 0 Å². The number of carboxylic acid groups (broad SMARTS) is 1. The number of halogens is 2. The van der Waals surface area contributed by atoms with Crippen molar-refractivity contribution in [3.63, 3.8) is 0 Å². The number of nitrogens with one attached hydrogen (secondary N) is 1. The van der Waals surface area contributed by atoms with Crippen LogP contribution in [0.25, 0.3) is 0 Å². The molecule has 6 heteroatoms. The Balaban J connectivity index is 2.00. The number of carboxylic acids is 1. The van der Waals surface area contributed by atoms with Crippen LogP contribution in [0.3, 0.4) is 0 Å². The molecule has 2 N–H and O–H groups in total. The molecule has 1 aliphatic rings. The lowest BCUT2D eigenvalue weighted by atomic mass is 9.82. The molecule has 0 heterocycles. The van der Waals surface area contributed by atoms with Gasteiger partial charge in [0.2, 0.25) is 5.91 Å². The van der Waals surface area contributed by atoms with E-state index in [2.05, 4.69) is 5.32 Å². The third-order valence-electron chi connectivity index (χ3n) is 3.55. The van der Waals surface area contributed by atoms with E-state index in [-0.39, 0.29) is 12.1 Å². The Bertz CT molecular complexity index is 586. The van der Waals surface area contributed by atoms with Crippen LogP contribution in [0.1, 0.15) is 18.4 Å². The van der Waals surface area contributed by atoms with E-state index >= 15 is 0 Å². The summed E-state index contributed by atoms with van der Waals surface area (Å²) in [6.45, 7) is -0.0997. The second-order valence-electron chi connectivity index (χ2n) is 4.95. The van der Waals surface area contributed by atoms with Crippen molar-refractivity contribution in [1.82, 2.24) is 5.32 Å². The van der Waals surface area contributed by atoms with E-state index in [9.17, 15) is 18.4 Å². The van der Waals surface area contributed by atoms with Gasteiger partial charge in [0.25, 0.3) is 0 Å². The van der Waals surface area contributed by atoms with Gasteiger partial charge in [-0.25, -0.2) is 8.78 Å². The van der Waals surface area contributed by atoms with Crippen molar-refractivity contribution in [2.45, 2.75) is 19.4 Å². The van der Waals surface area contributed by atoms with Gasteiger partial charge >= 0.3 is 5.97 Å². The maximum Gasteiger partial charge on any atom is 0.307 e. The Labute approximate surface area is 120 Å². The van der Waals surface area contributed by atoms with Gasteiger partial charge in [-0.2, -0.15) is 0 Å². The SMILES string of the molecule is O=C(O)C1CC=CCC1C(=O)NCc1ccc(F)cc1F.